The van der Waals surface area contributed by atoms with Crippen LogP contribution in [0.1, 0.15) is 70.0 Å². The number of likely N-dealkylation sites (tertiary alicyclic amines) is 1. The van der Waals surface area contributed by atoms with Crippen LogP contribution in [0.3, 0.4) is 0 Å². The molecule has 0 spiro atoms. The van der Waals surface area contributed by atoms with Crippen molar-refractivity contribution in [3.05, 3.63) is 23.2 Å². The van der Waals surface area contributed by atoms with Crippen LogP contribution in [-0.4, -0.2) is 54.7 Å². The van der Waals surface area contributed by atoms with Crippen molar-refractivity contribution in [1.29, 1.82) is 0 Å². The van der Waals surface area contributed by atoms with E-state index >= 15 is 0 Å². The first-order valence-electron chi connectivity index (χ1n) is 10.9. The Bertz CT molecular complexity index is 624. The number of piperidine rings is 1. The van der Waals surface area contributed by atoms with Gasteiger partial charge in [-0.05, 0) is 79.5 Å². The maximum Gasteiger partial charge on any atom is 0.191 e. The number of nitrogens with zero attached hydrogens (tertiary/aromatic N) is 2. The Labute approximate surface area is 170 Å². The molecule has 160 valence electrons. The molecule has 0 bridgehead atoms. The molecule has 2 unspecified atom stereocenters. The van der Waals surface area contributed by atoms with Gasteiger partial charge in [0.05, 0.1) is 6.54 Å². The molecular weight excluding hydrogens is 352 g/mol. The molecule has 0 aromatic carbocycles. The first-order chi connectivity index (χ1) is 13.3. The minimum absolute atomic E-state index is 0.285. The third-order valence-corrected chi connectivity index (χ3v) is 5.62. The average molecular weight is 393 g/mol. The van der Waals surface area contributed by atoms with E-state index in [0.717, 1.165) is 48.6 Å². The summed E-state index contributed by atoms with van der Waals surface area (Å²) in [6.07, 6.45) is 6.37. The highest BCUT2D eigenvalue weighted by atomic mass is 16.3. The Morgan fingerprint density at radius 3 is 2.75 bits per heavy atom. The van der Waals surface area contributed by atoms with Gasteiger partial charge in [-0.2, -0.15) is 0 Å². The summed E-state index contributed by atoms with van der Waals surface area (Å²) in [6.45, 7) is 14.4. The zero-order chi connectivity index (χ0) is 20.6. The molecule has 1 aromatic heterocycles. The van der Waals surface area contributed by atoms with Crippen LogP contribution >= 0.6 is 0 Å². The van der Waals surface area contributed by atoms with E-state index in [0.29, 0.717) is 0 Å². The fourth-order valence-corrected chi connectivity index (χ4v) is 3.96. The van der Waals surface area contributed by atoms with E-state index in [4.69, 9.17) is 4.42 Å². The summed E-state index contributed by atoms with van der Waals surface area (Å²) in [5.74, 6) is 2.32. The summed E-state index contributed by atoms with van der Waals surface area (Å²) in [7, 11) is 0. The molecule has 2 heterocycles. The van der Waals surface area contributed by atoms with Crippen LogP contribution in [0, 0.1) is 13.8 Å². The summed E-state index contributed by atoms with van der Waals surface area (Å²) in [6, 6.07) is 2.63. The number of aryl methyl sites for hydroxylation is 2. The number of unbranched alkanes of at least 4 members (excludes halogenated alkanes) is 1. The van der Waals surface area contributed by atoms with Crippen molar-refractivity contribution >= 4 is 5.96 Å². The highest BCUT2D eigenvalue weighted by Crippen LogP contribution is 2.27. The van der Waals surface area contributed by atoms with Gasteiger partial charge in [0.25, 0.3) is 0 Å². The predicted molar refractivity (Wildman–Crippen MR) is 116 cm³/mol. The van der Waals surface area contributed by atoms with Gasteiger partial charge >= 0.3 is 0 Å². The van der Waals surface area contributed by atoms with Crippen LogP contribution in [0.15, 0.2) is 15.5 Å². The van der Waals surface area contributed by atoms with Crippen molar-refractivity contribution in [3.63, 3.8) is 0 Å². The lowest BCUT2D eigenvalue weighted by atomic mass is 9.96. The smallest absolute Gasteiger partial charge is 0.191 e. The second kappa shape index (κ2) is 10.9. The number of aliphatic hydroxyl groups is 1. The molecule has 0 amide bonds. The fourth-order valence-electron chi connectivity index (χ4n) is 3.96. The first kappa shape index (κ1) is 22.8. The summed E-state index contributed by atoms with van der Waals surface area (Å²) in [5.41, 5.74) is -0.241. The van der Waals surface area contributed by atoms with Crippen LogP contribution in [0.5, 0.6) is 0 Å². The third-order valence-electron chi connectivity index (χ3n) is 5.62. The Morgan fingerprint density at radius 2 is 2.11 bits per heavy atom. The van der Waals surface area contributed by atoms with E-state index in [1.165, 1.54) is 38.8 Å². The van der Waals surface area contributed by atoms with Gasteiger partial charge in [-0.15, -0.1) is 0 Å². The van der Waals surface area contributed by atoms with Crippen LogP contribution in [0.25, 0.3) is 0 Å². The maximum atomic E-state index is 10.8. The van der Waals surface area contributed by atoms with Crippen LogP contribution in [0.2, 0.25) is 0 Å². The number of hydrogen-bond acceptors (Lipinski definition) is 4. The maximum absolute atomic E-state index is 10.8. The molecule has 0 radical (unpaired) electrons. The SMILES string of the molecule is CCNC(=NCC(C)(O)c1cc(C)oc1C)NCCCCN1CCCCC1C. The van der Waals surface area contributed by atoms with Gasteiger partial charge in [0.1, 0.15) is 17.1 Å². The van der Waals surface area contributed by atoms with Gasteiger partial charge in [0.2, 0.25) is 0 Å². The fraction of sp³-hybridized carbons (Fsp3) is 0.773. The van der Waals surface area contributed by atoms with E-state index in [1.807, 2.05) is 19.9 Å². The van der Waals surface area contributed by atoms with Crippen molar-refractivity contribution in [2.45, 2.75) is 78.4 Å². The predicted octanol–water partition coefficient (Wildman–Crippen LogP) is 3.31. The van der Waals surface area contributed by atoms with Crippen molar-refractivity contribution in [2.24, 2.45) is 4.99 Å². The number of guanidine groups is 1. The standard InChI is InChI=1S/C22H40N4O2/c1-6-23-21(24-12-8-10-14-26-13-9-7-11-17(26)2)25-16-22(5,27)20-15-18(3)28-19(20)4/h15,17,27H,6-14,16H2,1-5H3,(H2,23,24,25). The molecule has 1 saturated heterocycles. The zero-order valence-corrected chi connectivity index (χ0v) is 18.5. The molecule has 6 nitrogen and oxygen atoms in total. The van der Waals surface area contributed by atoms with Crippen LogP contribution in [-0.2, 0) is 5.60 Å². The highest BCUT2D eigenvalue weighted by Gasteiger charge is 2.27. The lowest BCUT2D eigenvalue weighted by molar-refractivity contribution is 0.0657. The van der Waals surface area contributed by atoms with Gasteiger partial charge in [0.15, 0.2) is 5.96 Å². The van der Waals surface area contributed by atoms with E-state index in [1.54, 1.807) is 6.92 Å². The van der Waals surface area contributed by atoms with Crippen molar-refractivity contribution in [2.75, 3.05) is 32.7 Å². The number of furan rings is 1. The summed E-state index contributed by atoms with van der Waals surface area (Å²) in [5, 5.41) is 17.5. The van der Waals surface area contributed by atoms with Crippen molar-refractivity contribution < 1.29 is 9.52 Å². The monoisotopic (exact) mass is 392 g/mol. The molecule has 3 N–H and O–H groups in total. The molecule has 0 saturated carbocycles. The summed E-state index contributed by atoms with van der Waals surface area (Å²) in [4.78, 5) is 7.22. The molecule has 1 aliphatic rings. The minimum Gasteiger partial charge on any atom is -0.466 e. The zero-order valence-electron chi connectivity index (χ0n) is 18.5. The Kier molecular flexibility index (Phi) is 8.83. The molecule has 2 atom stereocenters. The van der Waals surface area contributed by atoms with Gasteiger partial charge in [-0.25, -0.2) is 4.99 Å². The Hall–Kier alpha value is -1.53. The quantitative estimate of drug-likeness (QED) is 0.342. The Morgan fingerprint density at radius 1 is 1.32 bits per heavy atom. The van der Waals surface area contributed by atoms with Gasteiger partial charge < -0.3 is 25.1 Å². The average Bonchev–Trinajstić information content (AvgIpc) is 3.00. The molecule has 0 aliphatic carbocycles. The van der Waals surface area contributed by atoms with Gasteiger partial charge in [-0.3, -0.25) is 0 Å². The second-order valence-corrected chi connectivity index (χ2v) is 8.31. The Balaban J connectivity index is 1.79. The second-order valence-electron chi connectivity index (χ2n) is 8.31. The number of rotatable bonds is 9. The molecule has 6 heteroatoms. The number of nitrogens with one attached hydrogen (secondary N) is 2. The van der Waals surface area contributed by atoms with Gasteiger partial charge in [-0.1, -0.05) is 6.42 Å². The lowest BCUT2D eigenvalue weighted by Gasteiger charge is -2.33. The largest absolute Gasteiger partial charge is 0.466 e. The summed E-state index contributed by atoms with van der Waals surface area (Å²) >= 11 is 0. The normalized spacial score (nSPS) is 20.8. The summed E-state index contributed by atoms with van der Waals surface area (Å²) < 4.78 is 5.56. The molecule has 2 rings (SSSR count). The van der Waals surface area contributed by atoms with Crippen molar-refractivity contribution in [3.8, 4) is 0 Å². The third kappa shape index (κ3) is 6.82. The highest BCUT2D eigenvalue weighted by molar-refractivity contribution is 5.79. The molecule has 1 fully saturated rings. The minimum atomic E-state index is -1.05. The van der Waals surface area contributed by atoms with E-state index in [2.05, 4.69) is 34.4 Å². The first-order valence-corrected chi connectivity index (χ1v) is 10.9. The van der Waals surface area contributed by atoms with Crippen LogP contribution in [0.4, 0.5) is 0 Å². The molecule has 28 heavy (non-hydrogen) atoms. The molecule has 1 aromatic rings. The van der Waals surface area contributed by atoms with Crippen LogP contribution < -0.4 is 10.6 Å². The number of aliphatic imine (C=N–C) groups is 1. The van der Waals surface area contributed by atoms with Crippen molar-refractivity contribution in [1.82, 2.24) is 15.5 Å². The van der Waals surface area contributed by atoms with E-state index in [-0.39, 0.29) is 6.54 Å². The number of hydrogen-bond donors (Lipinski definition) is 3. The molecule has 1 aliphatic heterocycles. The molecular formula is C22H40N4O2. The van der Waals surface area contributed by atoms with E-state index in [9.17, 15) is 5.11 Å². The topological polar surface area (TPSA) is 73.0 Å². The lowest BCUT2D eigenvalue weighted by Crippen LogP contribution is -2.40. The van der Waals surface area contributed by atoms with E-state index < -0.39 is 5.60 Å². The van der Waals surface area contributed by atoms with Gasteiger partial charge in [0, 0.05) is 24.7 Å².